The fraction of sp³-hybridized carbons (Fsp3) is 0.600. The van der Waals surface area contributed by atoms with E-state index in [-0.39, 0.29) is 5.75 Å². The van der Waals surface area contributed by atoms with Gasteiger partial charge in [-0.05, 0) is 6.92 Å². The molecule has 0 saturated carbocycles. The summed E-state index contributed by atoms with van der Waals surface area (Å²) in [5.41, 5.74) is 10.3. The van der Waals surface area contributed by atoms with E-state index in [4.69, 9.17) is 16.6 Å². The Labute approximate surface area is 120 Å². The topological polar surface area (TPSA) is 165 Å². The van der Waals surface area contributed by atoms with Crippen molar-refractivity contribution >= 4 is 36.3 Å². The molecule has 0 saturated heterocycles. The van der Waals surface area contributed by atoms with Crippen LogP contribution in [0.2, 0.25) is 0 Å². The fourth-order valence-electron chi connectivity index (χ4n) is 1.17. The van der Waals surface area contributed by atoms with Crippen molar-refractivity contribution in [3.8, 4) is 0 Å². The number of hydrogen-bond acceptors (Lipinski definition) is 6. The van der Waals surface area contributed by atoms with E-state index in [1.54, 1.807) is 0 Å². The summed E-state index contributed by atoms with van der Waals surface area (Å²) in [6.07, 6.45) is -0.469. The Kier molecular flexibility index (Phi) is 7.62. The smallest absolute Gasteiger partial charge is 0.327 e. The first kappa shape index (κ1) is 18.2. The molecule has 0 bridgehead atoms. The number of carbonyl (C=O) groups is 4. The molecular weight excluding hydrogens is 288 g/mol. The van der Waals surface area contributed by atoms with Crippen LogP contribution in [0.4, 0.5) is 0 Å². The highest BCUT2D eigenvalue weighted by atomic mass is 32.1. The highest BCUT2D eigenvalue weighted by Crippen LogP contribution is 1.96. The molecule has 0 rings (SSSR count). The molecule has 7 N–H and O–H groups in total. The minimum absolute atomic E-state index is 0.147. The van der Waals surface area contributed by atoms with Crippen LogP contribution < -0.4 is 22.1 Å². The van der Waals surface area contributed by atoms with Crippen molar-refractivity contribution < 1.29 is 24.3 Å². The lowest BCUT2D eigenvalue weighted by atomic mass is 10.1. The third-order valence-corrected chi connectivity index (χ3v) is 2.61. The zero-order valence-corrected chi connectivity index (χ0v) is 11.7. The summed E-state index contributed by atoms with van der Waals surface area (Å²) < 4.78 is 0. The predicted molar refractivity (Wildman–Crippen MR) is 72.8 cm³/mol. The van der Waals surface area contributed by atoms with Crippen LogP contribution in [0.1, 0.15) is 13.3 Å². The van der Waals surface area contributed by atoms with Gasteiger partial charge in [-0.15, -0.1) is 0 Å². The van der Waals surface area contributed by atoms with E-state index in [1.807, 2.05) is 0 Å². The molecule has 0 aliphatic heterocycles. The molecule has 9 nitrogen and oxygen atoms in total. The zero-order valence-electron chi connectivity index (χ0n) is 10.8. The van der Waals surface area contributed by atoms with Crippen LogP contribution >= 0.6 is 12.6 Å². The monoisotopic (exact) mass is 306 g/mol. The first-order valence-electron chi connectivity index (χ1n) is 5.67. The van der Waals surface area contributed by atoms with Gasteiger partial charge in [-0.25, -0.2) is 4.79 Å². The first-order chi connectivity index (χ1) is 9.18. The van der Waals surface area contributed by atoms with E-state index in [1.165, 1.54) is 6.92 Å². The number of primary amides is 1. The fourth-order valence-corrected chi connectivity index (χ4v) is 1.42. The normalized spacial score (nSPS) is 14.8. The number of hydrogen-bond donors (Lipinski definition) is 6. The Hall–Kier alpha value is -1.81. The Morgan fingerprint density at radius 1 is 1.15 bits per heavy atom. The molecule has 0 aromatic carbocycles. The van der Waals surface area contributed by atoms with Crippen LogP contribution in [-0.2, 0) is 19.2 Å². The van der Waals surface area contributed by atoms with Gasteiger partial charge in [-0.2, -0.15) is 12.6 Å². The van der Waals surface area contributed by atoms with Gasteiger partial charge in [0.1, 0.15) is 12.1 Å². The van der Waals surface area contributed by atoms with Crippen LogP contribution in [0.5, 0.6) is 0 Å². The van der Waals surface area contributed by atoms with Gasteiger partial charge in [0.15, 0.2) is 0 Å². The molecule has 0 aliphatic carbocycles. The molecule has 10 heteroatoms. The summed E-state index contributed by atoms with van der Waals surface area (Å²) >= 11 is 3.78. The van der Waals surface area contributed by atoms with Gasteiger partial charge in [0.25, 0.3) is 0 Å². The van der Waals surface area contributed by atoms with Gasteiger partial charge in [0.05, 0.1) is 12.5 Å². The molecule has 0 aliphatic rings. The molecule has 0 fully saturated rings. The maximum absolute atomic E-state index is 11.8. The first-order valence-corrected chi connectivity index (χ1v) is 6.30. The van der Waals surface area contributed by atoms with Crippen LogP contribution in [-0.4, -0.2) is 52.7 Å². The lowest BCUT2D eigenvalue weighted by Crippen LogP contribution is -2.55. The van der Waals surface area contributed by atoms with Gasteiger partial charge in [0, 0.05) is 5.75 Å². The van der Waals surface area contributed by atoms with Gasteiger partial charge >= 0.3 is 5.97 Å². The summed E-state index contributed by atoms with van der Waals surface area (Å²) in [5.74, 6) is -3.77. The Bertz CT molecular complexity index is 401. The van der Waals surface area contributed by atoms with E-state index in [9.17, 15) is 19.2 Å². The van der Waals surface area contributed by atoms with Crippen molar-refractivity contribution in [2.45, 2.75) is 31.5 Å². The molecule has 20 heavy (non-hydrogen) atoms. The summed E-state index contributed by atoms with van der Waals surface area (Å²) in [4.78, 5) is 44.9. The van der Waals surface area contributed by atoms with Crippen molar-refractivity contribution in [3.05, 3.63) is 0 Å². The number of nitrogens with two attached hydrogens (primary N) is 2. The lowest BCUT2D eigenvalue weighted by Gasteiger charge is -2.20. The largest absolute Gasteiger partial charge is 0.480 e. The number of nitrogens with one attached hydrogen (secondary N) is 2. The highest BCUT2D eigenvalue weighted by Gasteiger charge is 2.27. The highest BCUT2D eigenvalue weighted by molar-refractivity contribution is 7.80. The summed E-state index contributed by atoms with van der Waals surface area (Å²) in [6.45, 7) is 1.39. The maximum Gasteiger partial charge on any atom is 0.327 e. The van der Waals surface area contributed by atoms with Gasteiger partial charge in [-0.1, -0.05) is 0 Å². The van der Waals surface area contributed by atoms with Crippen molar-refractivity contribution in [3.63, 3.8) is 0 Å². The molecular formula is C10H18N4O5S. The quantitative estimate of drug-likeness (QED) is 0.265. The number of carboxylic acid groups (broad SMARTS) is 1. The SMILES string of the molecule is C[C@H](N)C(=O)N[C@@H](CC(N)=O)C(=O)N[C@@H](CS)C(=O)O. The molecule has 0 aromatic heterocycles. The number of carboxylic acids is 1. The molecule has 0 spiro atoms. The second-order valence-corrected chi connectivity index (χ2v) is 4.47. The molecule has 0 aromatic rings. The lowest BCUT2D eigenvalue weighted by molar-refractivity contribution is -0.141. The Balaban J connectivity index is 4.84. The second-order valence-electron chi connectivity index (χ2n) is 4.10. The van der Waals surface area contributed by atoms with Crippen LogP contribution in [0.25, 0.3) is 0 Å². The Morgan fingerprint density at radius 3 is 2.00 bits per heavy atom. The number of amides is 3. The predicted octanol–water partition coefficient (Wildman–Crippen LogP) is -2.81. The van der Waals surface area contributed by atoms with E-state index >= 15 is 0 Å². The van der Waals surface area contributed by atoms with Crippen molar-refractivity contribution in [1.82, 2.24) is 10.6 Å². The van der Waals surface area contributed by atoms with Gasteiger partial charge in [0.2, 0.25) is 17.7 Å². The van der Waals surface area contributed by atoms with Crippen LogP contribution in [0, 0.1) is 0 Å². The maximum atomic E-state index is 11.8. The minimum atomic E-state index is -1.29. The average molecular weight is 306 g/mol. The standard InChI is InChI=1S/C10H18N4O5S/c1-4(11)8(16)13-5(2-7(12)15)9(17)14-6(3-20)10(18)19/h4-6,20H,2-3,11H2,1H3,(H2,12,15)(H,13,16)(H,14,17)(H,18,19)/t4-,5-,6-/m0/s1. The average Bonchev–Trinajstić information content (AvgIpc) is 2.33. The third kappa shape index (κ3) is 6.38. The van der Waals surface area contributed by atoms with Crippen LogP contribution in [0.3, 0.4) is 0 Å². The van der Waals surface area contributed by atoms with Crippen LogP contribution in [0.15, 0.2) is 0 Å². The zero-order chi connectivity index (χ0) is 15.9. The third-order valence-electron chi connectivity index (χ3n) is 2.25. The molecule has 0 unspecified atom stereocenters. The summed E-state index contributed by atoms with van der Waals surface area (Å²) in [7, 11) is 0. The molecule has 0 heterocycles. The molecule has 0 radical (unpaired) electrons. The Morgan fingerprint density at radius 2 is 1.65 bits per heavy atom. The van der Waals surface area contributed by atoms with E-state index < -0.39 is 48.2 Å². The summed E-state index contributed by atoms with van der Waals surface area (Å²) in [5, 5.41) is 13.2. The number of carbonyl (C=O) groups excluding carboxylic acids is 3. The van der Waals surface area contributed by atoms with E-state index in [2.05, 4.69) is 23.3 Å². The van der Waals surface area contributed by atoms with Gasteiger partial charge in [-0.3, -0.25) is 14.4 Å². The van der Waals surface area contributed by atoms with Crippen molar-refractivity contribution in [2.24, 2.45) is 11.5 Å². The van der Waals surface area contributed by atoms with Crippen molar-refractivity contribution in [2.75, 3.05) is 5.75 Å². The van der Waals surface area contributed by atoms with E-state index in [0.717, 1.165) is 0 Å². The summed E-state index contributed by atoms with van der Waals surface area (Å²) in [6, 6.07) is -3.42. The van der Waals surface area contributed by atoms with Crippen molar-refractivity contribution in [1.29, 1.82) is 0 Å². The minimum Gasteiger partial charge on any atom is -0.480 e. The molecule has 3 amide bonds. The second kappa shape index (κ2) is 8.38. The number of thiol groups is 1. The number of aliphatic carboxylic acids is 1. The van der Waals surface area contributed by atoms with Gasteiger partial charge < -0.3 is 27.2 Å². The molecule has 3 atom stereocenters. The molecule has 114 valence electrons. The number of rotatable bonds is 8. The van der Waals surface area contributed by atoms with E-state index in [0.29, 0.717) is 0 Å².